The molecule has 2 aromatic carbocycles. The lowest BCUT2D eigenvalue weighted by atomic mass is 10.0. The van der Waals surface area contributed by atoms with Gasteiger partial charge in [-0.2, -0.15) is 13.2 Å². The summed E-state index contributed by atoms with van der Waals surface area (Å²) in [7, 11) is 0. The maximum absolute atomic E-state index is 12.8. The molecule has 0 saturated heterocycles. The van der Waals surface area contributed by atoms with Crippen LogP contribution in [0, 0.1) is 5.92 Å². The van der Waals surface area contributed by atoms with Gasteiger partial charge in [0.15, 0.2) is 0 Å². The molecular formula is C20H22F3NO3. The van der Waals surface area contributed by atoms with Crippen molar-refractivity contribution in [2.24, 2.45) is 5.92 Å². The van der Waals surface area contributed by atoms with Crippen molar-refractivity contribution in [1.29, 1.82) is 0 Å². The van der Waals surface area contributed by atoms with Crippen molar-refractivity contribution < 1.29 is 27.8 Å². The highest BCUT2D eigenvalue weighted by Gasteiger charge is 2.30. The molecule has 0 heterocycles. The number of rotatable bonds is 8. The van der Waals surface area contributed by atoms with Gasteiger partial charge in [0.05, 0.1) is 5.56 Å². The molecule has 27 heavy (non-hydrogen) atoms. The van der Waals surface area contributed by atoms with Gasteiger partial charge in [0, 0.05) is 6.54 Å². The molecule has 0 aliphatic rings. The molecule has 2 aromatic rings. The lowest BCUT2D eigenvalue weighted by Gasteiger charge is -2.17. The second-order valence-electron chi connectivity index (χ2n) is 6.68. The molecule has 2 N–H and O–H groups in total. The Bertz CT molecular complexity index is 775. The third kappa shape index (κ3) is 6.60. The maximum atomic E-state index is 12.8. The number of benzene rings is 2. The van der Waals surface area contributed by atoms with Crippen LogP contribution in [-0.4, -0.2) is 17.1 Å². The standard InChI is InChI=1S/C20H22F3NO3/c1-13(2)9-18(19(25)26)24-12-14-5-3-7-16(10-14)27-17-8-4-6-15(11-17)20(21,22)23/h3-8,10-11,13,18,24H,9,12H2,1-2H3,(H,25,26)/t18-/m0/s1. The molecule has 0 spiro atoms. The molecule has 0 aliphatic heterocycles. The van der Waals surface area contributed by atoms with Crippen molar-refractivity contribution in [3.05, 3.63) is 59.7 Å². The van der Waals surface area contributed by atoms with Gasteiger partial charge in [-0.1, -0.05) is 32.0 Å². The molecule has 0 bridgehead atoms. The summed E-state index contributed by atoms with van der Waals surface area (Å²) in [6.45, 7) is 4.20. The smallest absolute Gasteiger partial charge is 0.416 e. The van der Waals surface area contributed by atoms with Crippen LogP contribution in [0.5, 0.6) is 11.5 Å². The van der Waals surface area contributed by atoms with Crippen molar-refractivity contribution >= 4 is 5.97 Å². The van der Waals surface area contributed by atoms with Crippen LogP contribution in [0.25, 0.3) is 0 Å². The summed E-state index contributed by atoms with van der Waals surface area (Å²) < 4.78 is 43.9. The van der Waals surface area contributed by atoms with Crippen molar-refractivity contribution in [3.8, 4) is 11.5 Å². The minimum absolute atomic E-state index is 0.0816. The van der Waals surface area contributed by atoms with E-state index >= 15 is 0 Å². The predicted molar refractivity (Wildman–Crippen MR) is 95.7 cm³/mol. The van der Waals surface area contributed by atoms with E-state index < -0.39 is 23.8 Å². The van der Waals surface area contributed by atoms with Crippen molar-refractivity contribution in [2.75, 3.05) is 0 Å². The van der Waals surface area contributed by atoms with Crippen LogP contribution < -0.4 is 10.1 Å². The van der Waals surface area contributed by atoms with Crippen LogP contribution in [-0.2, 0) is 17.5 Å². The highest BCUT2D eigenvalue weighted by atomic mass is 19.4. The Morgan fingerprint density at radius 1 is 1.11 bits per heavy atom. The first-order valence-corrected chi connectivity index (χ1v) is 8.55. The Morgan fingerprint density at radius 3 is 2.33 bits per heavy atom. The first kappa shape index (κ1) is 20.8. The highest BCUT2D eigenvalue weighted by Crippen LogP contribution is 2.32. The van der Waals surface area contributed by atoms with Gasteiger partial charge in [-0.05, 0) is 48.2 Å². The van der Waals surface area contributed by atoms with Gasteiger partial charge in [-0.15, -0.1) is 0 Å². The van der Waals surface area contributed by atoms with Crippen LogP contribution in [0.2, 0.25) is 0 Å². The van der Waals surface area contributed by atoms with Crippen molar-refractivity contribution in [1.82, 2.24) is 5.32 Å². The minimum atomic E-state index is -4.44. The van der Waals surface area contributed by atoms with E-state index in [0.717, 1.165) is 17.7 Å². The number of aliphatic carboxylic acids is 1. The topological polar surface area (TPSA) is 58.6 Å². The second kappa shape index (κ2) is 8.90. The van der Waals surface area contributed by atoms with E-state index in [1.54, 1.807) is 24.3 Å². The zero-order chi connectivity index (χ0) is 20.0. The van der Waals surface area contributed by atoms with E-state index in [1.807, 2.05) is 13.8 Å². The number of carboxylic acid groups (broad SMARTS) is 1. The number of alkyl halides is 3. The van der Waals surface area contributed by atoms with Crippen LogP contribution in [0.1, 0.15) is 31.4 Å². The molecule has 7 heteroatoms. The monoisotopic (exact) mass is 381 g/mol. The summed E-state index contributed by atoms with van der Waals surface area (Å²) in [5.41, 5.74) is -0.00899. The van der Waals surface area contributed by atoms with E-state index in [4.69, 9.17) is 4.74 Å². The Morgan fingerprint density at radius 2 is 1.74 bits per heavy atom. The van der Waals surface area contributed by atoms with Crippen LogP contribution in [0.15, 0.2) is 48.5 Å². The Hall–Kier alpha value is -2.54. The zero-order valence-corrected chi connectivity index (χ0v) is 15.1. The number of nitrogens with one attached hydrogen (secondary N) is 1. The van der Waals surface area contributed by atoms with Gasteiger partial charge in [0.2, 0.25) is 0 Å². The molecule has 0 saturated carbocycles. The molecule has 0 radical (unpaired) electrons. The summed E-state index contributed by atoms with van der Waals surface area (Å²) in [5.74, 6) is -0.225. The number of hydrogen-bond acceptors (Lipinski definition) is 3. The summed E-state index contributed by atoms with van der Waals surface area (Å²) in [6, 6.07) is 10.8. The van der Waals surface area contributed by atoms with E-state index in [9.17, 15) is 23.1 Å². The predicted octanol–water partition coefficient (Wildman–Crippen LogP) is 5.09. The Kier molecular flexibility index (Phi) is 6.85. The lowest BCUT2D eigenvalue weighted by molar-refractivity contribution is -0.140. The first-order valence-electron chi connectivity index (χ1n) is 8.55. The summed E-state index contributed by atoms with van der Waals surface area (Å²) in [5, 5.41) is 12.2. The molecule has 0 fully saturated rings. The second-order valence-corrected chi connectivity index (χ2v) is 6.68. The average Bonchev–Trinajstić information content (AvgIpc) is 2.58. The largest absolute Gasteiger partial charge is 0.480 e. The summed E-state index contributed by atoms with van der Waals surface area (Å²) in [4.78, 5) is 11.3. The molecule has 0 aliphatic carbocycles. The minimum Gasteiger partial charge on any atom is -0.480 e. The SMILES string of the molecule is CC(C)C[C@H](NCc1cccc(Oc2cccc(C(F)(F)F)c2)c1)C(=O)O. The average molecular weight is 381 g/mol. The summed E-state index contributed by atoms with van der Waals surface area (Å²) in [6.07, 6.45) is -3.94. The molecule has 0 aromatic heterocycles. The van der Waals surface area contributed by atoms with E-state index in [1.165, 1.54) is 12.1 Å². The van der Waals surface area contributed by atoms with Gasteiger partial charge in [-0.25, -0.2) is 0 Å². The quantitative estimate of drug-likeness (QED) is 0.669. The molecular weight excluding hydrogens is 359 g/mol. The number of ether oxygens (including phenoxy) is 1. The fourth-order valence-corrected chi connectivity index (χ4v) is 2.57. The Labute approximate surface area is 156 Å². The van der Waals surface area contributed by atoms with Gasteiger partial charge < -0.3 is 15.2 Å². The molecule has 0 amide bonds. The number of carboxylic acids is 1. The summed E-state index contributed by atoms with van der Waals surface area (Å²) >= 11 is 0. The Balaban J connectivity index is 2.06. The number of hydrogen-bond donors (Lipinski definition) is 2. The van der Waals surface area contributed by atoms with Gasteiger partial charge in [-0.3, -0.25) is 4.79 Å². The van der Waals surface area contributed by atoms with E-state index in [-0.39, 0.29) is 11.7 Å². The number of halogens is 3. The van der Waals surface area contributed by atoms with Crippen LogP contribution in [0.4, 0.5) is 13.2 Å². The zero-order valence-electron chi connectivity index (χ0n) is 15.1. The molecule has 146 valence electrons. The van der Waals surface area contributed by atoms with Crippen LogP contribution >= 0.6 is 0 Å². The maximum Gasteiger partial charge on any atom is 0.416 e. The van der Waals surface area contributed by atoms with E-state index in [0.29, 0.717) is 18.7 Å². The van der Waals surface area contributed by atoms with Crippen LogP contribution in [0.3, 0.4) is 0 Å². The molecule has 4 nitrogen and oxygen atoms in total. The van der Waals surface area contributed by atoms with Gasteiger partial charge in [0.1, 0.15) is 17.5 Å². The molecule has 2 rings (SSSR count). The molecule has 1 atom stereocenters. The van der Waals surface area contributed by atoms with Gasteiger partial charge >= 0.3 is 12.1 Å². The fraction of sp³-hybridized carbons (Fsp3) is 0.350. The van der Waals surface area contributed by atoms with Gasteiger partial charge in [0.25, 0.3) is 0 Å². The van der Waals surface area contributed by atoms with Crippen molar-refractivity contribution in [3.63, 3.8) is 0 Å². The third-order valence-corrected chi connectivity index (χ3v) is 3.85. The molecule has 0 unspecified atom stereocenters. The normalized spacial score (nSPS) is 12.8. The highest BCUT2D eigenvalue weighted by molar-refractivity contribution is 5.73. The fourth-order valence-electron chi connectivity index (χ4n) is 2.57. The first-order chi connectivity index (χ1) is 12.6. The third-order valence-electron chi connectivity index (χ3n) is 3.85. The number of carbonyl (C=O) groups is 1. The van der Waals surface area contributed by atoms with E-state index in [2.05, 4.69) is 5.32 Å². The van der Waals surface area contributed by atoms with Crippen molar-refractivity contribution in [2.45, 2.75) is 39.0 Å². The lowest BCUT2D eigenvalue weighted by Crippen LogP contribution is -2.37.